The second kappa shape index (κ2) is 4.06. The summed E-state index contributed by atoms with van der Waals surface area (Å²) in [7, 11) is 4.07. The van der Waals surface area contributed by atoms with Crippen LogP contribution in [-0.4, -0.2) is 47.0 Å². The monoisotopic (exact) mass is 196 g/mol. The Hall–Kier alpha value is -0.940. The van der Waals surface area contributed by atoms with Crippen molar-refractivity contribution in [1.82, 2.24) is 19.7 Å². The van der Waals surface area contributed by atoms with E-state index < -0.39 is 0 Å². The van der Waals surface area contributed by atoms with E-state index in [2.05, 4.69) is 19.7 Å². The molecule has 5 heteroatoms. The second-order valence-electron chi connectivity index (χ2n) is 3.78. The molecule has 0 bridgehead atoms. The van der Waals surface area contributed by atoms with Crippen LogP contribution in [-0.2, 0) is 24.2 Å². The SMILES string of the molecule is CN(C)Cc1nnc2n1CCOCC2. The fourth-order valence-corrected chi connectivity index (χ4v) is 1.64. The Balaban J connectivity index is 2.20. The van der Waals surface area contributed by atoms with Gasteiger partial charge >= 0.3 is 0 Å². The summed E-state index contributed by atoms with van der Waals surface area (Å²) in [6.07, 6.45) is 0.875. The normalized spacial score (nSPS) is 16.8. The maximum Gasteiger partial charge on any atom is 0.147 e. The molecule has 1 aromatic rings. The zero-order chi connectivity index (χ0) is 9.97. The molecule has 2 heterocycles. The number of fused-ring (bicyclic) bond motifs is 1. The molecule has 1 aliphatic heterocycles. The molecule has 1 aliphatic rings. The number of nitrogens with zero attached hydrogens (tertiary/aromatic N) is 4. The maximum atomic E-state index is 5.39. The summed E-state index contributed by atoms with van der Waals surface area (Å²) >= 11 is 0. The highest BCUT2D eigenvalue weighted by Gasteiger charge is 2.14. The molecule has 0 fully saturated rings. The lowest BCUT2D eigenvalue weighted by atomic mass is 10.4. The number of ether oxygens (including phenoxy) is 1. The smallest absolute Gasteiger partial charge is 0.147 e. The summed E-state index contributed by atoms with van der Waals surface area (Å²) in [6, 6.07) is 0. The number of hydrogen-bond acceptors (Lipinski definition) is 4. The van der Waals surface area contributed by atoms with Gasteiger partial charge in [-0.1, -0.05) is 0 Å². The third kappa shape index (κ3) is 1.93. The van der Waals surface area contributed by atoms with E-state index in [9.17, 15) is 0 Å². The standard InChI is InChI=1S/C9H16N4O/c1-12(2)7-9-11-10-8-3-5-14-6-4-13(8)9/h3-7H2,1-2H3. The summed E-state index contributed by atoms with van der Waals surface area (Å²) in [5.41, 5.74) is 0. The number of aromatic nitrogens is 3. The first-order valence-electron chi connectivity index (χ1n) is 4.91. The van der Waals surface area contributed by atoms with Gasteiger partial charge in [0.25, 0.3) is 0 Å². The van der Waals surface area contributed by atoms with E-state index in [-0.39, 0.29) is 0 Å². The second-order valence-corrected chi connectivity index (χ2v) is 3.78. The molecule has 78 valence electrons. The van der Waals surface area contributed by atoms with E-state index in [1.165, 1.54) is 0 Å². The zero-order valence-corrected chi connectivity index (χ0v) is 8.73. The van der Waals surface area contributed by atoms with Crippen LogP contribution in [0.4, 0.5) is 0 Å². The quantitative estimate of drug-likeness (QED) is 0.663. The Bertz CT molecular complexity index is 308. The van der Waals surface area contributed by atoms with Gasteiger partial charge in [0.2, 0.25) is 0 Å². The lowest BCUT2D eigenvalue weighted by Crippen LogP contribution is -2.17. The summed E-state index contributed by atoms with van der Waals surface area (Å²) in [5.74, 6) is 2.09. The zero-order valence-electron chi connectivity index (χ0n) is 8.73. The Kier molecular flexibility index (Phi) is 2.79. The van der Waals surface area contributed by atoms with Crippen LogP contribution in [0.3, 0.4) is 0 Å². The predicted octanol–water partition coefficient (Wildman–Crippen LogP) is -0.0876. The van der Waals surface area contributed by atoms with Crippen LogP contribution in [0.15, 0.2) is 0 Å². The van der Waals surface area contributed by atoms with Gasteiger partial charge in [0, 0.05) is 13.0 Å². The fraction of sp³-hybridized carbons (Fsp3) is 0.778. The number of rotatable bonds is 2. The Morgan fingerprint density at radius 3 is 3.00 bits per heavy atom. The third-order valence-corrected chi connectivity index (χ3v) is 2.29. The van der Waals surface area contributed by atoms with E-state index in [1.54, 1.807) is 0 Å². The van der Waals surface area contributed by atoms with Crippen LogP contribution in [0.25, 0.3) is 0 Å². The highest BCUT2D eigenvalue weighted by atomic mass is 16.5. The van der Waals surface area contributed by atoms with E-state index in [4.69, 9.17) is 4.74 Å². The van der Waals surface area contributed by atoms with E-state index in [0.717, 1.165) is 44.4 Å². The molecule has 0 aromatic carbocycles. The van der Waals surface area contributed by atoms with Crippen molar-refractivity contribution in [3.05, 3.63) is 11.6 Å². The fourth-order valence-electron chi connectivity index (χ4n) is 1.64. The third-order valence-electron chi connectivity index (χ3n) is 2.29. The molecule has 0 amide bonds. The minimum absolute atomic E-state index is 0.764. The van der Waals surface area contributed by atoms with Crippen molar-refractivity contribution >= 4 is 0 Å². The van der Waals surface area contributed by atoms with Crippen molar-refractivity contribution in [3.8, 4) is 0 Å². The van der Waals surface area contributed by atoms with Gasteiger partial charge in [-0.2, -0.15) is 0 Å². The molecule has 0 atom stereocenters. The summed E-state index contributed by atoms with van der Waals surface area (Å²) in [4.78, 5) is 2.10. The topological polar surface area (TPSA) is 43.2 Å². The highest BCUT2D eigenvalue weighted by Crippen LogP contribution is 2.08. The first-order valence-corrected chi connectivity index (χ1v) is 4.91. The van der Waals surface area contributed by atoms with Crippen LogP contribution in [0.2, 0.25) is 0 Å². The molecule has 0 saturated carbocycles. The van der Waals surface area contributed by atoms with Gasteiger partial charge in [-0.3, -0.25) is 0 Å². The van der Waals surface area contributed by atoms with Gasteiger partial charge in [0.1, 0.15) is 11.6 Å². The molecule has 0 aliphatic carbocycles. The molecule has 0 spiro atoms. The first kappa shape index (κ1) is 9.61. The Morgan fingerprint density at radius 1 is 1.36 bits per heavy atom. The van der Waals surface area contributed by atoms with Gasteiger partial charge in [-0.25, -0.2) is 0 Å². The lowest BCUT2D eigenvalue weighted by molar-refractivity contribution is 0.139. The molecule has 1 aromatic heterocycles. The van der Waals surface area contributed by atoms with Crippen molar-refractivity contribution in [1.29, 1.82) is 0 Å². The first-order chi connectivity index (χ1) is 6.77. The van der Waals surface area contributed by atoms with Gasteiger partial charge in [0.05, 0.1) is 19.8 Å². The van der Waals surface area contributed by atoms with Gasteiger partial charge in [-0.05, 0) is 14.1 Å². The predicted molar refractivity (Wildman–Crippen MR) is 51.9 cm³/mol. The molecule has 14 heavy (non-hydrogen) atoms. The van der Waals surface area contributed by atoms with Gasteiger partial charge in [0.15, 0.2) is 0 Å². The summed E-state index contributed by atoms with van der Waals surface area (Å²) in [6.45, 7) is 3.25. The summed E-state index contributed by atoms with van der Waals surface area (Å²) in [5, 5.41) is 8.37. The van der Waals surface area contributed by atoms with Crippen molar-refractivity contribution in [2.24, 2.45) is 0 Å². The molecule has 0 saturated heterocycles. The molecular weight excluding hydrogens is 180 g/mol. The van der Waals surface area contributed by atoms with Crippen LogP contribution in [0, 0.1) is 0 Å². The highest BCUT2D eigenvalue weighted by molar-refractivity contribution is 4.97. The van der Waals surface area contributed by atoms with E-state index in [1.807, 2.05) is 14.1 Å². The molecule has 0 radical (unpaired) electrons. The van der Waals surface area contributed by atoms with Crippen LogP contribution in [0.5, 0.6) is 0 Å². The molecule has 2 rings (SSSR count). The molecule has 0 unspecified atom stereocenters. The average molecular weight is 196 g/mol. The minimum Gasteiger partial charge on any atom is -0.379 e. The largest absolute Gasteiger partial charge is 0.379 e. The van der Waals surface area contributed by atoms with Gasteiger partial charge in [-0.15, -0.1) is 10.2 Å². The van der Waals surface area contributed by atoms with Gasteiger partial charge < -0.3 is 14.2 Å². The van der Waals surface area contributed by atoms with E-state index >= 15 is 0 Å². The van der Waals surface area contributed by atoms with Crippen molar-refractivity contribution in [2.45, 2.75) is 19.5 Å². The van der Waals surface area contributed by atoms with Crippen LogP contribution >= 0.6 is 0 Å². The molecule has 5 nitrogen and oxygen atoms in total. The Morgan fingerprint density at radius 2 is 2.21 bits per heavy atom. The van der Waals surface area contributed by atoms with E-state index in [0.29, 0.717) is 0 Å². The maximum absolute atomic E-state index is 5.39. The molecule has 0 N–H and O–H groups in total. The van der Waals surface area contributed by atoms with Crippen molar-refractivity contribution in [3.63, 3.8) is 0 Å². The van der Waals surface area contributed by atoms with Crippen molar-refractivity contribution in [2.75, 3.05) is 27.3 Å². The van der Waals surface area contributed by atoms with Crippen molar-refractivity contribution < 1.29 is 4.74 Å². The minimum atomic E-state index is 0.764. The lowest BCUT2D eigenvalue weighted by Gasteiger charge is -2.10. The van der Waals surface area contributed by atoms with Crippen LogP contribution in [0.1, 0.15) is 11.6 Å². The average Bonchev–Trinajstić information content (AvgIpc) is 2.37. The number of hydrogen-bond donors (Lipinski definition) is 0. The Labute approximate surface area is 83.7 Å². The summed E-state index contributed by atoms with van der Waals surface area (Å²) < 4.78 is 7.57. The molecular formula is C9H16N4O. The van der Waals surface area contributed by atoms with Crippen LogP contribution < -0.4 is 0 Å².